The third-order valence-electron chi connectivity index (χ3n) is 6.40. The highest BCUT2D eigenvalue weighted by atomic mass is 16.4. The topological polar surface area (TPSA) is 98.7 Å². The van der Waals surface area contributed by atoms with E-state index in [-0.39, 0.29) is 23.7 Å². The Balaban J connectivity index is 1.39. The molecule has 26 heavy (non-hydrogen) atoms. The molecule has 1 aromatic carbocycles. The highest BCUT2D eigenvalue weighted by molar-refractivity contribution is 5.83. The summed E-state index contributed by atoms with van der Waals surface area (Å²) in [7, 11) is 0. The summed E-state index contributed by atoms with van der Waals surface area (Å²) < 4.78 is 0. The zero-order valence-corrected chi connectivity index (χ0v) is 14.8. The summed E-state index contributed by atoms with van der Waals surface area (Å²) in [5.74, 6) is 1.23. The second-order valence-electron chi connectivity index (χ2n) is 8.56. The first-order chi connectivity index (χ1) is 12.4. The maximum atomic E-state index is 12.6. The number of phenols is 1. The van der Waals surface area contributed by atoms with Crippen LogP contribution in [0.15, 0.2) is 24.3 Å². The van der Waals surface area contributed by atoms with E-state index in [4.69, 9.17) is 0 Å². The van der Waals surface area contributed by atoms with Gasteiger partial charge in [-0.05, 0) is 74.0 Å². The van der Waals surface area contributed by atoms with Crippen molar-refractivity contribution in [2.75, 3.05) is 0 Å². The van der Waals surface area contributed by atoms with E-state index < -0.39 is 12.0 Å². The Kier molecular flexibility index (Phi) is 4.29. The van der Waals surface area contributed by atoms with Gasteiger partial charge in [-0.15, -0.1) is 0 Å². The summed E-state index contributed by atoms with van der Waals surface area (Å²) in [5, 5.41) is 24.6. The van der Waals surface area contributed by atoms with E-state index in [0.717, 1.165) is 24.8 Å². The largest absolute Gasteiger partial charge is 0.508 e. The van der Waals surface area contributed by atoms with Crippen LogP contribution in [0, 0.1) is 17.8 Å². The molecule has 6 nitrogen and oxygen atoms in total. The monoisotopic (exact) mass is 358 g/mol. The number of hydrogen-bond acceptors (Lipinski definition) is 3. The van der Waals surface area contributed by atoms with Crippen LogP contribution in [0.3, 0.4) is 0 Å². The van der Waals surface area contributed by atoms with Gasteiger partial charge in [0.1, 0.15) is 11.8 Å². The highest BCUT2D eigenvalue weighted by Crippen LogP contribution is 2.55. The summed E-state index contributed by atoms with van der Waals surface area (Å²) in [6, 6.07) is 5.01. The molecule has 6 heteroatoms. The predicted molar refractivity (Wildman–Crippen MR) is 95.8 cm³/mol. The number of carbonyl (C=O) groups is 2. The van der Waals surface area contributed by atoms with Gasteiger partial charge >= 0.3 is 12.0 Å². The Morgan fingerprint density at radius 3 is 2.08 bits per heavy atom. The third-order valence-corrected chi connectivity index (χ3v) is 6.40. The number of carboxylic acids is 1. The van der Waals surface area contributed by atoms with Crippen molar-refractivity contribution in [2.45, 2.75) is 56.5 Å². The molecule has 0 radical (unpaired) electrons. The molecular formula is C20H26N2O4. The van der Waals surface area contributed by atoms with Crippen molar-refractivity contribution in [3.63, 3.8) is 0 Å². The molecule has 0 aromatic heterocycles. The lowest BCUT2D eigenvalue weighted by atomic mass is 9.53. The second kappa shape index (κ2) is 6.49. The minimum atomic E-state index is -1.06. The van der Waals surface area contributed by atoms with Gasteiger partial charge in [0.2, 0.25) is 0 Å². The number of amides is 2. The van der Waals surface area contributed by atoms with Crippen LogP contribution < -0.4 is 10.6 Å². The molecule has 1 atom stereocenters. The number of benzene rings is 1. The van der Waals surface area contributed by atoms with Crippen molar-refractivity contribution in [3.8, 4) is 5.75 Å². The fourth-order valence-electron chi connectivity index (χ4n) is 5.77. The molecule has 2 amide bonds. The lowest BCUT2D eigenvalue weighted by Crippen LogP contribution is -2.62. The molecule has 4 saturated carbocycles. The van der Waals surface area contributed by atoms with Crippen molar-refractivity contribution >= 4 is 12.0 Å². The van der Waals surface area contributed by atoms with Crippen LogP contribution in [0.2, 0.25) is 0 Å². The molecule has 0 spiro atoms. The maximum absolute atomic E-state index is 12.6. The molecule has 5 rings (SSSR count). The van der Waals surface area contributed by atoms with Gasteiger partial charge in [0, 0.05) is 12.0 Å². The van der Waals surface area contributed by atoms with Crippen molar-refractivity contribution in [3.05, 3.63) is 29.8 Å². The van der Waals surface area contributed by atoms with E-state index in [9.17, 15) is 19.8 Å². The summed E-state index contributed by atoms with van der Waals surface area (Å²) >= 11 is 0. The second-order valence-corrected chi connectivity index (χ2v) is 8.56. The van der Waals surface area contributed by atoms with Gasteiger partial charge in [0.15, 0.2) is 0 Å². The van der Waals surface area contributed by atoms with Gasteiger partial charge in [-0.3, -0.25) is 0 Å². The zero-order chi connectivity index (χ0) is 18.3. The fourth-order valence-corrected chi connectivity index (χ4v) is 5.77. The third kappa shape index (κ3) is 3.50. The van der Waals surface area contributed by atoms with Crippen LogP contribution in [0.1, 0.15) is 44.1 Å². The molecule has 0 heterocycles. The lowest BCUT2D eigenvalue weighted by Gasteiger charge is -2.56. The Morgan fingerprint density at radius 2 is 1.58 bits per heavy atom. The molecule has 4 aliphatic carbocycles. The molecule has 4 fully saturated rings. The van der Waals surface area contributed by atoms with E-state index in [2.05, 4.69) is 10.6 Å². The van der Waals surface area contributed by atoms with E-state index >= 15 is 0 Å². The number of aromatic hydroxyl groups is 1. The number of nitrogens with one attached hydrogen (secondary N) is 2. The fraction of sp³-hybridized carbons (Fsp3) is 0.600. The van der Waals surface area contributed by atoms with Crippen LogP contribution in [0.4, 0.5) is 4.79 Å². The molecule has 4 bridgehead atoms. The number of aliphatic carboxylic acids is 1. The molecule has 140 valence electrons. The summed E-state index contributed by atoms with van der Waals surface area (Å²) in [6.45, 7) is 0. The first-order valence-corrected chi connectivity index (χ1v) is 9.50. The molecule has 1 unspecified atom stereocenters. The maximum Gasteiger partial charge on any atom is 0.326 e. The van der Waals surface area contributed by atoms with Gasteiger partial charge < -0.3 is 20.8 Å². The quantitative estimate of drug-likeness (QED) is 0.650. The zero-order valence-electron chi connectivity index (χ0n) is 14.8. The van der Waals surface area contributed by atoms with Crippen molar-refractivity contribution in [1.82, 2.24) is 10.6 Å². The van der Waals surface area contributed by atoms with Gasteiger partial charge in [-0.25, -0.2) is 9.59 Å². The first-order valence-electron chi connectivity index (χ1n) is 9.50. The standard InChI is InChI=1S/C20H26N2O4/c23-16-3-1-12(2-4-16)8-17(18(24)25)21-19(26)22-20-9-13-5-14(10-20)7-15(6-13)11-20/h1-4,13-15,17,23H,5-11H2,(H,24,25)(H2,21,22,26). The van der Waals surface area contributed by atoms with Crippen LogP contribution in [-0.4, -0.2) is 33.8 Å². The SMILES string of the molecule is O=C(NC(Cc1ccc(O)cc1)C(=O)O)NC12CC3CC(CC(C3)C1)C2. The molecule has 0 aliphatic heterocycles. The number of urea groups is 1. The minimum absolute atomic E-state index is 0.133. The lowest BCUT2D eigenvalue weighted by molar-refractivity contribution is -0.139. The molecule has 4 aliphatic rings. The Hall–Kier alpha value is -2.24. The molecular weight excluding hydrogens is 332 g/mol. The van der Waals surface area contributed by atoms with Crippen molar-refractivity contribution in [2.24, 2.45) is 17.8 Å². The predicted octanol–water partition coefficient (Wildman–Crippen LogP) is 2.66. The van der Waals surface area contributed by atoms with E-state index in [1.165, 1.54) is 31.4 Å². The number of hydrogen-bond donors (Lipinski definition) is 4. The van der Waals surface area contributed by atoms with E-state index in [1.807, 2.05) is 0 Å². The number of rotatable bonds is 5. The van der Waals surface area contributed by atoms with Gasteiger partial charge in [0.05, 0.1) is 0 Å². The van der Waals surface area contributed by atoms with Crippen molar-refractivity contribution < 1.29 is 19.8 Å². The summed E-state index contributed by atoms with van der Waals surface area (Å²) in [6.07, 6.45) is 7.15. The Labute approximate surface area is 153 Å². The minimum Gasteiger partial charge on any atom is -0.508 e. The van der Waals surface area contributed by atoms with Crippen LogP contribution in [0.5, 0.6) is 5.75 Å². The number of carbonyl (C=O) groups excluding carboxylic acids is 1. The first kappa shape index (κ1) is 17.2. The van der Waals surface area contributed by atoms with Crippen molar-refractivity contribution in [1.29, 1.82) is 0 Å². The smallest absolute Gasteiger partial charge is 0.326 e. The average molecular weight is 358 g/mol. The molecule has 4 N–H and O–H groups in total. The number of carboxylic acid groups (broad SMARTS) is 1. The van der Waals surface area contributed by atoms with Gasteiger partial charge in [-0.2, -0.15) is 0 Å². The molecule has 1 aromatic rings. The van der Waals surface area contributed by atoms with E-state index in [0.29, 0.717) is 17.8 Å². The van der Waals surface area contributed by atoms with Crippen LogP contribution in [-0.2, 0) is 11.2 Å². The average Bonchev–Trinajstić information content (AvgIpc) is 2.54. The summed E-state index contributed by atoms with van der Waals surface area (Å²) in [4.78, 5) is 24.1. The highest BCUT2D eigenvalue weighted by Gasteiger charge is 2.51. The van der Waals surface area contributed by atoms with E-state index in [1.54, 1.807) is 12.1 Å². The van der Waals surface area contributed by atoms with Crippen LogP contribution in [0.25, 0.3) is 0 Å². The number of phenolic OH excluding ortho intramolecular Hbond substituents is 1. The molecule has 0 saturated heterocycles. The normalized spacial score (nSPS) is 32.8. The summed E-state index contributed by atoms with van der Waals surface area (Å²) in [5.41, 5.74) is 0.616. The van der Waals surface area contributed by atoms with Gasteiger partial charge in [0.25, 0.3) is 0 Å². The van der Waals surface area contributed by atoms with Crippen LogP contribution >= 0.6 is 0 Å². The Bertz CT molecular complexity index is 665. The van der Waals surface area contributed by atoms with Gasteiger partial charge in [-0.1, -0.05) is 12.1 Å². The Morgan fingerprint density at radius 1 is 1.04 bits per heavy atom.